The summed E-state index contributed by atoms with van der Waals surface area (Å²) in [6, 6.07) is 0.829. The van der Waals surface area contributed by atoms with E-state index in [1.807, 2.05) is 18.2 Å². The van der Waals surface area contributed by atoms with Crippen LogP contribution in [0.5, 0.6) is 0 Å². The van der Waals surface area contributed by atoms with E-state index in [1.54, 1.807) is 0 Å². The summed E-state index contributed by atoms with van der Waals surface area (Å²) in [5.41, 5.74) is 0.149. The van der Waals surface area contributed by atoms with Gasteiger partial charge in [-0.1, -0.05) is 30.6 Å². The molecule has 1 amide bonds. The summed E-state index contributed by atoms with van der Waals surface area (Å²) in [7, 11) is 0. The molecule has 0 aromatic carbocycles. The summed E-state index contributed by atoms with van der Waals surface area (Å²) in [5.74, 6) is -0.822. The van der Waals surface area contributed by atoms with Gasteiger partial charge in [0.25, 0.3) is 6.40 Å². The van der Waals surface area contributed by atoms with Crippen molar-refractivity contribution in [3.8, 4) is 0 Å². The Bertz CT molecular complexity index is 538. The van der Waals surface area contributed by atoms with Crippen LogP contribution in [0.3, 0.4) is 0 Å². The summed E-state index contributed by atoms with van der Waals surface area (Å²) >= 11 is 0. The van der Waals surface area contributed by atoms with Crippen molar-refractivity contribution in [2.45, 2.75) is 32.1 Å². The average Bonchev–Trinajstić information content (AvgIpc) is 3.08. The number of allylic oxidation sites excluding steroid dienone is 1. The van der Waals surface area contributed by atoms with Crippen LogP contribution in [0.1, 0.15) is 32.1 Å². The van der Waals surface area contributed by atoms with E-state index in [4.69, 9.17) is 4.74 Å². The standard InChI is InChI=1S/C15H17NO4/c17-13-9-20-10-16(13)12-5-3-11(4-6-12)15(14(18)19)7-1-2-8-15/h3-5,10H,1-2,6-9H2,(H,18,19). The third-order valence-corrected chi connectivity index (χ3v) is 4.37. The molecule has 1 aliphatic heterocycles. The zero-order valence-electron chi connectivity index (χ0n) is 11.2. The molecule has 0 atom stereocenters. The van der Waals surface area contributed by atoms with E-state index < -0.39 is 11.4 Å². The van der Waals surface area contributed by atoms with Crippen molar-refractivity contribution in [2.75, 3.05) is 6.61 Å². The quantitative estimate of drug-likeness (QED) is 0.628. The number of amides is 1. The molecule has 2 aliphatic carbocycles. The Hall–Kier alpha value is -2.04. The molecular formula is C15H17NO4. The van der Waals surface area contributed by atoms with E-state index in [-0.39, 0.29) is 12.5 Å². The van der Waals surface area contributed by atoms with Gasteiger partial charge in [0, 0.05) is 6.42 Å². The minimum absolute atomic E-state index is 0.0764. The fourth-order valence-electron chi connectivity index (χ4n) is 3.21. The molecule has 5 heteroatoms. The maximum atomic E-state index is 11.6. The number of ether oxygens (including phenoxy) is 1. The lowest BCUT2D eigenvalue weighted by Crippen LogP contribution is -2.31. The minimum atomic E-state index is -0.735. The molecule has 1 saturated carbocycles. The normalized spacial score (nSPS) is 24.4. The highest BCUT2D eigenvalue weighted by molar-refractivity contribution is 5.81. The van der Waals surface area contributed by atoms with Gasteiger partial charge in [0.1, 0.15) is 6.04 Å². The highest BCUT2D eigenvalue weighted by Gasteiger charge is 2.43. The Morgan fingerprint density at radius 3 is 2.65 bits per heavy atom. The van der Waals surface area contributed by atoms with Crippen molar-refractivity contribution >= 4 is 18.3 Å². The zero-order valence-corrected chi connectivity index (χ0v) is 11.2. The molecule has 0 aromatic heterocycles. The second kappa shape index (κ2) is 4.81. The van der Waals surface area contributed by atoms with Gasteiger partial charge in [-0.25, -0.2) is 4.58 Å². The van der Waals surface area contributed by atoms with E-state index in [0.29, 0.717) is 19.3 Å². The number of carbonyl (C=O) groups excluding carboxylic acids is 1. The number of hydrogen-bond acceptors (Lipinski definition) is 3. The number of carboxylic acid groups (broad SMARTS) is 1. The minimum Gasteiger partial charge on any atom is -0.487 e. The van der Waals surface area contributed by atoms with Gasteiger partial charge < -0.3 is 9.84 Å². The number of rotatable bonds is 3. The monoisotopic (exact) mass is 275 g/mol. The molecule has 0 spiro atoms. The van der Waals surface area contributed by atoms with Gasteiger partial charge in [-0.15, -0.1) is 6.08 Å². The molecule has 0 aromatic rings. The Labute approximate surface area is 117 Å². The molecule has 5 nitrogen and oxygen atoms in total. The molecule has 106 valence electrons. The predicted molar refractivity (Wildman–Crippen MR) is 70.9 cm³/mol. The highest BCUT2D eigenvalue weighted by atomic mass is 16.5. The topological polar surface area (TPSA) is 66.6 Å². The third kappa shape index (κ3) is 1.94. The second-order valence-electron chi connectivity index (χ2n) is 5.46. The summed E-state index contributed by atoms with van der Waals surface area (Å²) in [6.45, 7) is 0.0764. The first-order valence-electron chi connectivity index (χ1n) is 6.88. The number of hydrogen-bond donors (Lipinski definition) is 1. The molecule has 3 aliphatic rings. The van der Waals surface area contributed by atoms with Crippen LogP contribution < -0.4 is 0 Å². The van der Waals surface area contributed by atoms with Crippen molar-refractivity contribution in [2.24, 2.45) is 5.41 Å². The van der Waals surface area contributed by atoms with Crippen LogP contribution in [-0.4, -0.2) is 34.6 Å². The number of nitrogens with zero attached hydrogens (tertiary/aromatic N) is 1. The van der Waals surface area contributed by atoms with E-state index in [2.05, 4.69) is 0 Å². The Morgan fingerprint density at radius 2 is 2.15 bits per heavy atom. The molecule has 0 bridgehead atoms. The van der Waals surface area contributed by atoms with Crippen LogP contribution in [-0.2, 0) is 14.3 Å². The average molecular weight is 275 g/mol. The predicted octanol–water partition coefficient (Wildman–Crippen LogP) is 1.65. The Balaban J connectivity index is 1.79. The van der Waals surface area contributed by atoms with Gasteiger partial charge >= 0.3 is 11.9 Å². The number of carbonyl (C=O) groups is 2. The summed E-state index contributed by atoms with van der Waals surface area (Å²) < 4.78 is 6.48. The molecule has 0 unspecified atom stereocenters. The van der Waals surface area contributed by atoms with Gasteiger partial charge in [0.05, 0.1) is 5.41 Å². The van der Waals surface area contributed by atoms with Crippen molar-refractivity contribution in [1.29, 1.82) is 0 Å². The highest BCUT2D eigenvalue weighted by Crippen LogP contribution is 2.46. The Kier molecular flexibility index (Phi) is 3.12. The van der Waals surface area contributed by atoms with Crippen LogP contribution >= 0.6 is 0 Å². The molecule has 3 rings (SSSR count). The first-order valence-corrected chi connectivity index (χ1v) is 6.88. The number of aliphatic carboxylic acids is 1. The first kappa shape index (κ1) is 13.0. The lowest BCUT2D eigenvalue weighted by atomic mass is 9.76. The molecule has 1 N–H and O–H groups in total. The second-order valence-corrected chi connectivity index (χ2v) is 5.46. The molecule has 0 saturated heterocycles. The summed E-state index contributed by atoms with van der Waals surface area (Å²) in [6.07, 6.45) is 10.9. The molecule has 20 heavy (non-hydrogen) atoms. The maximum absolute atomic E-state index is 11.6. The van der Waals surface area contributed by atoms with E-state index in [1.165, 1.54) is 11.0 Å². The number of carboxylic acids is 1. The van der Waals surface area contributed by atoms with Gasteiger partial charge in [0.15, 0.2) is 6.61 Å². The van der Waals surface area contributed by atoms with Crippen molar-refractivity contribution in [3.63, 3.8) is 0 Å². The summed E-state index contributed by atoms with van der Waals surface area (Å²) in [5, 5.41) is 9.56. The van der Waals surface area contributed by atoms with E-state index >= 15 is 0 Å². The molecule has 0 radical (unpaired) electrons. The fraction of sp³-hybridized carbons (Fsp3) is 0.467. The largest absolute Gasteiger partial charge is 0.487 e. The molecule has 1 fully saturated rings. The fourth-order valence-corrected chi connectivity index (χ4v) is 3.21. The van der Waals surface area contributed by atoms with Crippen LogP contribution in [0.2, 0.25) is 0 Å². The lowest BCUT2D eigenvalue weighted by molar-refractivity contribution is -0.419. The van der Waals surface area contributed by atoms with Crippen LogP contribution in [0.25, 0.3) is 0 Å². The summed E-state index contributed by atoms with van der Waals surface area (Å²) in [4.78, 5) is 23.2. The van der Waals surface area contributed by atoms with Crippen molar-refractivity contribution in [1.82, 2.24) is 0 Å². The molecule has 1 heterocycles. The zero-order chi connectivity index (χ0) is 14.2. The lowest BCUT2D eigenvalue weighted by Gasteiger charge is -2.29. The van der Waals surface area contributed by atoms with Gasteiger partial charge in [-0.05, 0) is 12.8 Å². The maximum Gasteiger partial charge on any atom is 0.349 e. The van der Waals surface area contributed by atoms with Gasteiger partial charge in [-0.3, -0.25) is 9.59 Å². The van der Waals surface area contributed by atoms with E-state index in [9.17, 15) is 14.7 Å². The van der Waals surface area contributed by atoms with E-state index in [0.717, 1.165) is 24.5 Å². The van der Waals surface area contributed by atoms with Gasteiger partial charge in [-0.2, -0.15) is 0 Å². The van der Waals surface area contributed by atoms with Crippen LogP contribution in [0.4, 0.5) is 0 Å². The third-order valence-electron chi connectivity index (χ3n) is 4.37. The van der Waals surface area contributed by atoms with Crippen LogP contribution in [0.15, 0.2) is 23.8 Å². The first-order chi connectivity index (χ1) is 9.63. The smallest absolute Gasteiger partial charge is 0.349 e. The van der Waals surface area contributed by atoms with Crippen LogP contribution in [0, 0.1) is 11.5 Å². The van der Waals surface area contributed by atoms with Gasteiger partial charge in [0.2, 0.25) is 0 Å². The molecular weight excluding hydrogens is 258 g/mol. The SMILES string of the molecule is O=C1COC=[N+]1[C-]1C=CC(C2(C(=O)O)CCCC2)=CC1. The Morgan fingerprint density at radius 1 is 1.40 bits per heavy atom. The van der Waals surface area contributed by atoms with Crippen molar-refractivity contribution < 1.29 is 24.0 Å². The van der Waals surface area contributed by atoms with Crippen molar-refractivity contribution in [3.05, 3.63) is 29.8 Å².